The average molecular weight is 298 g/mol. The molecule has 0 spiro atoms. The van der Waals surface area contributed by atoms with Gasteiger partial charge in [0.15, 0.2) is 11.5 Å². The maximum atomic E-state index is 12.1. The highest BCUT2D eigenvalue weighted by Gasteiger charge is 2.13. The Bertz CT molecular complexity index is 685. The minimum Gasteiger partial charge on any atom is -0.454 e. The number of aryl methyl sites for hydroxylation is 1. The zero-order valence-electron chi connectivity index (χ0n) is 12.4. The third-order valence-corrected chi connectivity index (χ3v) is 3.50. The lowest BCUT2D eigenvalue weighted by Gasteiger charge is -2.11. The molecule has 0 saturated carbocycles. The molecular weight excluding hydrogens is 280 g/mol. The zero-order valence-corrected chi connectivity index (χ0v) is 12.4. The third-order valence-electron chi connectivity index (χ3n) is 3.50. The van der Waals surface area contributed by atoms with Gasteiger partial charge < -0.3 is 20.1 Å². The van der Waals surface area contributed by atoms with Crippen LogP contribution in [0.15, 0.2) is 42.5 Å². The summed E-state index contributed by atoms with van der Waals surface area (Å²) in [5.41, 5.74) is 2.81. The first-order chi connectivity index (χ1) is 10.8. The first-order valence-corrected chi connectivity index (χ1v) is 7.27. The second-order valence-corrected chi connectivity index (χ2v) is 4.98. The lowest BCUT2D eigenvalue weighted by Crippen LogP contribution is -2.22. The highest BCUT2D eigenvalue weighted by atomic mass is 16.7. The molecule has 2 N–H and O–H groups in total. The molecule has 2 aromatic rings. The van der Waals surface area contributed by atoms with Crippen LogP contribution in [0.25, 0.3) is 0 Å². The summed E-state index contributed by atoms with van der Waals surface area (Å²) in [5, 5.41) is 6.01. The van der Waals surface area contributed by atoms with E-state index in [1.807, 2.05) is 42.5 Å². The number of nitrogens with one attached hydrogen (secondary N) is 2. The summed E-state index contributed by atoms with van der Waals surface area (Å²) in [6, 6.07) is 13.3. The number of rotatable bonds is 5. The molecule has 0 saturated heterocycles. The standard InChI is InChI=1S/C17H18N2O3/c1-2-12-5-3-4-6-14(12)19-17(20)10-18-13-7-8-15-16(9-13)22-11-21-15/h3-9,18H,2,10-11H2,1H3,(H,19,20). The van der Waals surface area contributed by atoms with Gasteiger partial charge in [0.2, 0.25) is 12.7 Å². The Balaban J connectivity index is 1.58. The van der Waals surface area contributed by atoms with Crippen molar-refractivity contribution in [2.24, 2.45) is 0 Å². The van der Waals surface area contributed by atoms with E-state index < -0.39 is 0 Å². The lowest BCUT2D eigenvalue weighted by molar-refractivity contribution is -0.114. The van der Waals surface area contributed by atoms with Crippen LogP contribution in [0.4, 0.5) is 11.4 Å². The summed E-state index contributed by atoms with van der Waals surface area (Å²) in [6.45, 7) is 2.50. The summed E-state index contributed by atoms with van der Waals surface area (Å²) in [4.78, 5) is 12.1. The summed E-state index contributed by atoms with van der Waals surface area (Å²) in [7, 11) is 0. The number of hydrogen-bond donors (Lipinski definition) is 2. The van der Waals surface area contributed by atoms with Crippen molar-refractivity contribution in [2.45, 2.75) is 13.3 Å². The van der Waals surface area contributed by atoms with Crippen LogP contribution < -0.4 is 20.1 Å². The van der Waals surface area contributed by atoms with Crippen LogP contribution >= 0.6 is 0 Å². The van der Waals surface area contributed by atoms with E-state index in [1.165, 1.54) is 0 Å². The van der Waals surface area contributed by atoms with Gasteiger partial charge in [-0.05, 0) is 30.2 Å². The first-order valence-electron chi connectivity index (χ1n) is 7.27. The van der Waals surface area contributed by atoms with Gasteiger partial charge >= 0.3 is 0 Å². The van der Waals surface area contributed by atoms with Crippen molar-refractivity contribution in [3.63, 3.8) is 0 Å². The fraction of sp³-hybridized carbons (Fsp3) is 0.235. The molecule has 0 bridgehead atoms. The van der Waals surface area contributed by atoms with Gasteiger partial charge in [0.25, 0.3) is 0 Å². The molecule has 5 nitrogen and oxygen atoms in total. The van der Waals surface area contributed by atoms with E-state index in [0.717, 1.165) is 29.1 Å². The van der Waals surface area contributed by atoms with E-state index in [9.17, 15) is 4.79 Å². The SMILES string of the molecule is CCc1ccccc1NC(=O)CNc1ccc2c(c1)OCO2. The molecule has 1 amide bonds. The summed E-state index contributed by atoms with van der Waals surface area (Å²) in [5.74, 6) is 1.34. The van der Waals surface area contributed by atoms with Gasteiger partial charge in [-0.25, -0.2) is 0 Å². The van der Waals surface area contributed by atoms with Crippen molar-refractivity contribution in [3.05, 3.63) is 48.0 Å². The average Bonchev–Trinajstić information content (AvgIpc) is 3.01. The van der Waals surface area contributed by atoms with E-state index in [4.69, 9.17) is 9.47 Å². The van der Waals surface area contributed by atoms with Gasteiger partial charge in [0.05, 0.1) is 6.54 Å². The number of hydrogen-bond acceptors (Lipinski definition) is 4. The minimum absolute atomic E-state index is 0.0847. The van der Waals surface area contributed by atoms with Crippen LogP contribution in [0.1, 0.15) is 12.5 Å². The topological polar surface area (TPSA) is 59.6 Å². The Morgan fingerprint density at radius 2 is 1.95 bits per heavy atom. The number of benzene rings is 2. The van der Waals surface area contributed by atoms with E-state index in [0.29, 0.717) is 5.75 Å². The number of amides is 1. The maximum Gasteiger partial charge on any atom is 0.243 e. The highest BCUT2D eigenvalue weighted by Crippen LogP contribution is 2.34. The zero-order chi connectivity index (χ0) is 15.4. The van der Waals surface area contributed by atoms with Gasteiger partial charge in [-0.3, -0.25) is 4.79 Å². The number of ether oxygens (including phenoxy) is 2. The molecule has 2 aromatic carbocycles. The van der Waals surface area contributed by atoms with E-state index in [2.05, 4.69) is 17.6 Å². The van der Waals surface area contributed by atoms with Crippen LogP contribution in [0, 0.1) is 0 Å². The highest BCUT2D eigenvalue weighted by molar-refractivity contribution is 5.94. The summed E-state index contributed by atoms with van der Waals surface area (Å²) < 4.78 is 10.6. The van der Waals surface area contributed by atoms with Crippen molar-refractivity contribution < 1.29 is 14.3 Å². The van der Waals surface area contributed by atoms with Crippen LogP contribution in [0.3, 0.4) is 0 Å². The van der Waals surface area contributed by atoms with Crippen LogP contribution in [0.5, 0.6) is 11.5 Å². The fourth-order valence-corrected chi connectivity index (χ4v) is 2.33. The van der Waals surface area contributed by atoms with Crippen LogP contribution in [-0.2, 0) is 11.2 Å². The molecule has 0 unspecified atom stereocenters. The van der Waals surface area contributed by atoms with Gasteiger partial charge in [0.1, 0.15) is 0 Å². The van der Waals surface area contributed by atoms with E-state index in [1.54, 1.807) is 0 Å². The maximum absolute atomic E-state index is 12.1. The number of carbonyl (C=O) groups excluding carboxylic acids is 1. The molecule has 5 heteroatoms. The smallest absolute Gasteiger partial charge is 0.243 e. The van der Waals surface area contributed by atoms with E-state index >= 15 is 0 Å². The Kier molecular flexibility index (Phi) is 4.14. The second kappa shape index (κ2) is 6.39. The van der Waals surface area contributed by atoms with Crippen molar-refractivity contribution in [2.75, 3.05) is 24.0 Å². The molecule has 114 valence electrons. The Morgan fingerprint density at radius 1 is 1.14 bits per heavy atom. The fourth-order valence-electron chi connectivity index (χ4n) is 2.33. The quantitative estimate of drug-likeness (QED) is 0.891. The number of anilines is 2. The monoisotopic (exact) mass is 298 g/mol. The van der Waals surface area contributed by atoms with Crippen LogP contribution in [-0.4, -0.2) is 19.2 Å². The second-order valence-electron chi connectivity index (χ2n) is 4.98. The van der Waals surface area contributed by atoms with Crippen molar-refractivity contribution in [1.29, 1.82) is 0 Å². The summed E-state index contributed by atoms with van der Waals surface area (Å²) in [6.07, 6.45) is 0.881. The Morgan fingerprint density at radius 3 is 2.82 bits per heavy atom. The first kappa shape index (κ1) is 14.3. The molecule has 1 heterocycles. The molecule has 0 fully saturated rings. The van der Waals surface area contributed by atoms with Gasteiger partial charge in [-0.1, -0.05) is 25.1 Å². The summed E-state index contributed by atoms with van der Waals surface area (Å²) >= 11 is 0. The largest absolute Gasteiger partial charge is 0.454 e. The molecule has 1 aliphatic heterocycles. The molecular formula is C17H18N2O3. The minimum atomic E-state index is -0.0847. The molecule has 0 radical (unpaired) electrons. The van der Waals surface area contributed by atoms with Gasteiger partial charge in [-0.15, -0.1) is 0 Å². The van der Waals surface area contributed by atoms with Crippen LogP contribution in [0.2, 0.25) is 0 Å². The molecule has 22 heavy (non-hydrogen) atoms. The predicted molar refractivity (Wildman–Crippen MR) is 85.5 cm³/mol. The number of para-hydroxylation sites is 1. The molecule has 3 rings (SSSR count). The Labute approximate surface area is 129 Å². The third kappa shape index (κ3) is 3.14. The predicted octanol–water partition coefficient (Wildman–Crippen LogP) is 3.03. The number of fused-ring (bicyclic) bond motifs is 1. The molecule has 0 aromatic heterocycles. The molecule has 1 aliphatic rings. The van der Waals surface area contributed by atoms with Crippen molar-refractivity contribution in [3.8, 4) is 11.5 Å². The van der Waals surface area contributed by atoms with Gasteiger partial charge in [-0.2, -0.15) is 0 Å². The Hall–Kier alpha value is -2.69. The lowest BCUT2D eigenvalue weighted by atomic mass is 10.1. The van der Waals surface area contributed by atoms with Crippen molar-refractivity contribution >= 4 is 17.3 Å². The normalized spacial score (nSPS) is 12.0. The van der Waals surface area contributed by atoms with E-state index in [-0.39, 0.29) is 19.2 Å². The van der Waals surface area contributed by atoms with Gasteiger partial charge in [0, 0.05) is 17.4 Å². The molecule has 0 aliphatic carbocycles. The van der Waals surface area contributed by atoms with Crippen molar-refractivity contribution in [1.82, 2.24) is 0 Å². The number of carbonyl (C=O) groups is 1. The molecule has 0 atom stereocenters.